The van der Waals surface area contributed by atoms with Crippen LogP contribution in [-0.2, 0) is 27.2 Å². The number of hydrogen-bond donors (Lipinski definition) is 1. The number of nitrogens with zero attached hydrogens (tertiary/aromatic N) is 2. The fraction of sp³-hybridized carbons (Fsp3) is 0.400. The van der Waals surface area contributed by atoms with Gasteiger partial charge in [-0.05, 0) is 75.4 Å². The maximum Gasteiger partial charge on any atom is 0.408 e. The third-order valence-corrected chi connectivity index (χ3v) is 7.03. The SMILES string of the molecule is CN(CCc1ccccc1)C(=O)[C@@H](Cc1ccc2ccccc2c1)N(C)C(=O)/C=C/CC(C)(C)NC(=O)OC(C)(C)C. The minimum Gasteiger partial charge on any atom is -0.444 e. The van der Waals surface area contributed by atoms with Crippen LogP contribution in [0.1, 0.15) is 52.2 Å². The summed E-state index contributed by atoms with van der Waals surface area (Å²) in [6.07, 6.45) is 4.22. The monoisotopic (exact) mass is 571 g/mol. The molecule has 0 radical (unpaired) electrons. The molecule has 1 atom stereocenters. The fourth-order valence-electron chi connectivity index (χ4n) is 4.64. The highest BCUT2D eigenvalue weighted by Gasteiger charge is 2.29. The molecule has 0 unspecified atom stereocenters. The Hall–Kier alpha value is -4.13. The number of amides is 3. The first kappa shape index (κ1) is 32.4. The molecular formula is C35H45N3O4. The van der Waals surface area contributed by atoms with Crippen LogP contribution in [0.2, 0.25) is 0 Å². The standard InChI is InChI=1S/C35H45N3O4/c1-34(2,3)42-33(41)36-35(4,5)22-13-18-31(39)38(7)30(25-27-19-20-28-16-11-12-17-29(28)24-27)32(40)37(6)23-21-26-14-9-8-10-15-26/h8-20,24,30H,21-23,25H2,1-7H3,(H,36,41)/b18-13+/t30-/m1/s1. The van der Waals surface area contributed by atoms with E-state index in [1.54, 1.807) is 25.1 Å². The molecule has 3 rings (SSSR count). The van der Waals surface area contributed by atoms with E-state index in [1.165, 1.54) is 11.0 Å². The molecule has 0 aromatic heterocycles. The number of fused-ring (bicyclic) bond motifs is 1. The molecule has 3 aromatic rings. The number of ether oxygens (including phenoxy) is 1. The molecule has 7 heteroatoms. The van der Waals surface area contributed by atoms with Gasteiger partial charge in [-0.2, -0.15) is 0 Å². The van der Waals surface area contributed by atoms with E-state index in [0.29, 0.717) is 19.4 Å². The van der Waals surface area contributed by atoms with Crippen LogP contribution in [-0.4, -0.2) is 65.5 Å². The van der Waals surface area contributed by atoms with Crippen molar-refractivity contribution in [3.05, 3.63) is 96.1 Å². The highest BCUT2D eigenvalue weighted by Crippen LogP contribution is 2.19. The van der Waals surface area contributed by atoms with Crippen molar-refractivity contribution in [2.45, 2.75) is 71.1 Å². The van der Waals surface area contributed by atoms with Crippen LogP contribution in [0.3, 0.4) is 0 Å². The number of nitrogens with one attached hydrogen (secondary N) is 1. The van der Waals surface area contributed by atoms with Gasteiger partial charge in [0.25, 0.3) is 0 Å². The van der Waals surface area contributed by atoms with Crippen molar-refractivity contribution in [3.8, 4) is 0 Å². The number of rotatable bonds is 11. The van der Waals surface area contributed by atoms with Crippen LogP contribution in [0.25, 0.3) is 10.8 Å². The molecule has 224 valence electrons. The van der Waals surface area contributed by atoms with Gasteiger partial charge < -0.3 is 19.9 Å². The van der Waals surface area contributed by atoms with Crippen molar-refractivity contribution < 1.29 is 19.1 Å². The Morgan fingerprint density at radius 1 is 0.857 bits per heavy atom. The van der Waals surface area contributed by atoms with E-state index >= 15 is 0 Å². The van der Waals surface area contributed by atoms with Gasteiger partial charge in [-0.3, -0.25) is 9.59 Å². The third kappa shape index (κ3) is 10.1. The number of carbonyl (C=O) groups excluding carboxylic acids is 3. The molecule has 7 nitrogen and oxygen atoms in total. The molecule has 0 saturated heterocycles. The number of hydrogen-bond acceptors (Lipinski definition) is 4. The lowest BCUT2D eigenvalue weighted by atomic mass is 9.99. The largest absolute Gasteiger partial charge is 0.444 e. The van der Waals surface area contributed by atoms with E-state index in [9.17, 15) is 14.4 Å². The van der Waals surface area contributed by atoms with Gasteiger partial charge in [0.2, 0.25) is 11.8 Å². The van der Waals surface area contributed by atoms with E-state index < -0.39 is 23.3 Å². The fourth-order valence-corrected chi connectivity index (χ4v) is 4.64. The smallest absolute Gasteiger partial charge is 0.408 e. The normalized spacial score (nSPS) is 12.6. The Morgan fingerprint density at radius 2 is 1.50 bits per heavy atom. The van der Waals surface area contributed by atoms with Crippen molar-refractivity contribution in [2.24, 2.45) is 0 Å². The van der Waals surface area contributed by atoms with Gasteiger partial charge in [0.05, 0.1) is 0 Å². The van der Waals surface area contributed by atoms with Crippen LogP contribution in [0.5, 0.6) is 0 Å². The van der Waals surface area contributed by atoms with Crippen molar-refractivity contribution in [1.29, 1.82) is 0 Å². The summed E-state index contributed by atoms with van der Waals surface area (Å²) in [4.78, 5) is 42.6. The summed E-state index contributed by atoms with van der Waals surface area (Å²) in [6.45, 7) is 9.69. The molecule has 1 N–H and O–H groups in total. The average Bonchev–Trinajstić information content (AvgIpc) is 2.92. The van der Waals surface area contributed by atoms with Gasteiger partial charge in [-0.25, -0.2) is 4.79 Å². The first-order chi connectivity index (χ1) is 19.7. The van der Waals surface area contributed by atoms with Crippen LogP contribution < -0.4 is 5.32 Å². The molecule has 0 heterocycles. The average molecular weight is 572 g/mol. The molecular weight excluding hydrogens is 526 g/mol. The summed E-state index contributed by atoms with van der Waals surface area (Å²) in [7, 11) is 3.46. The Labute approximate surface area is 250 Å². The molecule has 3 amide bonds. The second-order valence-electron chi connectivity index (χ2n) is 12.5. The predicted molar refractivity (Wildman–Crippen MR) is 169 cm³/mol. The Morgan fingerprint density at radius 3 is 2.17 bits per heavy atom. The molecule has 0 saturated carbocycles. The van der Waals surface area contributed by atoms with E-state index in [2.05, 4.69) is 17.4 Å². The Bertz CT molecular complexity index is 1390. The van der Waals surface area contributed by atoms with Crippen molar-refractivity contribution in [1.82, 2.24) is 15.1 Å². The number of benzene rings is 3. The molecule has 0 aliphatic rings. The van der Waals surface area contributed by atoms with Crippen LogP contribution in [0.4, 0.5) is 4.79 Å². The lowest BCUT2D eigenvalue weighted by molar-refractivity contribution is -0.141. The van der Waals surface area contributed by atoms with Gasteiger partial charge in [0, 0.05) is 32.6 Å². The zero-order valence-corrected chi connectivity index (χ0v) is 26.0. The predicted octanol–water partition coefficient (Wildman–Crippen LogP) is 6.16. The van der Waals surface area contributed by atoms with Gasteiger partial charge >= 0.3 is 6.09 Å². The van der Waals surface area contributed by atoms with Crippen LogP contribution >= 0.6 is 0 Å². The quantitative estimate of drug-likeness (QED) is 0.280. The van der Waals surface area contributed by atoms with Gasteiger partial charge in [0.1, 0.15) is 11.6 Å². The number of carbonyl (C=O) groups is 3. The maximum atomic E-state index is 13.8. The second kappa shape index (κ2) is 14.2. The Kier molecular flexibility index (Phi) is 10.9. The summed E-state index contributed by atoms with van der Waals surface area (Å²) >= 11 is 0. The number of likely N-dealkylation sites (N-methyl/N-ethyl adjacent to an activating group) is 2. The molecule has 0 aliphatic heterocycles. The molecule has 0 fully saturated rings. The van der Waals surface area contributed by atoms with Crippen molar-refractivity contribution >= 4 is 28.7 Å². The van der Waals surface area contributed by atoms with E-state index in [4.69, 9.17) is 4.74 Å². The lowest BCUT2D eigenvalue weighted by Gasteiger charge is -2.31. The Balaban J connectivity index is 1.74. The first-order valence-electron chi connectivity index (χ1n) is 14.5. The zero-order chi connectivity index (χ0) is 30.9. The minimum atomic E-state index is -0.683. The lowest BCUT2D eigenvalue weighted by Crippen LogP contribution is -2.49. The van der Waals surface area contributed by atoms with E-state index in [-0.39, 0.29) is 11.8 Å². The van der Waals surface area contributed by atoms with Crippen LogP contribution in [0, 0.1) is 0 Å². The van der Waals surface area contributed by atoms with Crippen LogP contribution in [0.15, 0.2) is 84.9 Å². The molecule has 0 spiro atoms. The van der Waals surface area contributed by atoms with Crippen molar-refractivity contribution in [2.75, 3.05) is 20.6 Å². The highest BCUT2D eigenvalue weighted by molar-refractivity contribution is 5.93. The third-order valence-electron chi connectivity index (χ3n) is 7.03. The summed E-state index contributed by atoms with van der Waals surface area (Å²) in [6, 6.07) is 23.6. The van der Waals surface area contributed by atoms with E-state index in [1.807, 2.05) is 95.3 Å². The second-order valence-corrected chi connectivity index (χ2v) is 12.5. The van der Waals surface area contributed by atoms with Gasteiger partial charge in [-0.15, -0.1) is 0 Å². The topological polar surface area (TPSA) is 79.0 Å². The van der Waals surface area contributed by atoms with Gasteiger partial charge in [0.15, 0.2) is 0 Å². The van der Waals surface area contributed by atoms with Gasteiger partial charge in [-0.1, -0.05) is 78.9 Å². The minimum absolute atomic E-state index is 0.115. The molecule has 0 aliphatic carbocycles. The zero-order valence-electron chi connectivity index (χ0n) is 26.0. The highest BCUT2D eigenvalue weighted by atomic mass is 16.6. The number of alkyl carbamates (subject to hydrolysis) is 1. The summed E-state index contributed by atoms with van der Waals surface area (Å²) in [5, 5.41) is 5.06. The summed E-state index contributed by atoms with van der Waals surface area (Å²) in [5.74, 6) is -0.395. The molecule has 0 bridgehead atoms. The summed E-state index contributed by atoms with van der Waals surface area (Å²) < 4.78 is 5.36. The molecule has 42 heavy (non-hydrogen) atoms. The maximum absolute atomic E-state index is 13.8. The summed E-state index contributed by atoms with van der Waals surface area (Å²) in [5.41, 5.74) is 0.901. The first-order valence-corrected chi connectivity index (χ1v) is 14.5. The van der Waals surface area contributed by atoms with E-state index in [0.717, 1.165) is 28.3 Å². The van der Waals surface area contributed by atoms with Crippen molar-refractivity contribution in [3.63, 3.8) is 0 Å². The molecule has 3 aromatic carbocycles.